The van der Waals surface area contributed by atoms with Crippen LogP contribution >= 0.6 is 0 Å². The Morgan fingerprint density at radius 1 is 1.43 bits per heavy atom. The second kappa shape index (κ2) is 7.18. The molecule has 1 N–H and O–H groups in total. The maximum Gasteiger partial charge on any atom is 0.225 e. The van der Waals surface area contributed by atoms with Crippen molar-refractivity contribution in [3.8, 4) is 0 Å². The normalized spacial score (nSPS) is 19.0. The summed E-state index contributed by atoms with van der Waals surface area (Å²) >= 11 is 0. The number of aryl methyl sites for hydroxylation is 1. The topological polar surface area (TPSA) is 44.3 Å². The summed E-state index contributed by atoms with van der Waals surface area (Å²) in [6.07, 6.45) is 3.17. The number of anilines is 1. The molecule has 1 atom stereocenters. The van der Waals surface area contributed by atoms with Crippen LogP contribution in [-0.2, 0) is 6.54 Å². The number of hydrogen-bond donors (Lipinski definition) is 1. The quantitative estimate of drug-likeness (QED) is 0.864. The molecule has 1 aliphatic heterocycles. The molecule has 0 amide bonds. The van der Waals surface area contributed by atoms with Crippen LogP contribution in [0.2, 0.25) is 0 Å². The Kier molecular flexibility index (Phi) is 5.53. The van der Waals surface area contributed by atoms with E-state index >= 15 is 0 Å². The molecular formula is C16H29N5. The first kappa shape index (κ1) is 16.2. The summed E-state index contributed by atoms with van der Waals surface area (Å²) in [7, 11) is 4.29. The van der Waals surface area contributed by atoms with Gasteiger partial charge in [-0.2, -0.15) is 0 Å². The summed E-state index contributed by atoms with van der Waals surface area (Å²) in [5, 5.41) is 3.45. The standard InChI is InChI=1S/C16H29N5/c1-12(2)8-17-9-14-10-18-16(19-13(14)3)21-7-6-15(11-21)20(4)5/h10,12,15,17H,6-9,11H2,1-5H3. The monoisotopic (exact) mass is 291 g/mol. The molecule has 0 radical (unpaired) electrons. The van der Waals surface area contributed by atoms with Crippen LogP contribution in [0.5, 0.6) is 0 Å². The molecule has 0 saturated carbocycles. The third-order valence-electron chi connectivity index (χ3n) is 4.11. The summed E-state index contributed by atoms with van der Waals surface area (Å²) in [4.78, 5) is 13.9. The van der Waals surface area contributed by atoms with Crippen molar-refractivity contribution in [2.24, 2.45) is 5.92 Å². The van der Waals surface area contributed by atoms with Crippen molar-refractivity contribution in [1.29, 1.82) is 0 Å². The number of nitrogens with one attached hydrogen (secondary N) is 1. The smallest absolute Gasteiger partial charge is 0.225 e. The van der Waals surface area contributed by atoms with E-state index in [1.54, 1.807) is 0 Å². The molecule has 1 aliphatic rings. The molecule has 1 fully saturated rings. The van der Waals surface area contributed by atoms with Crippen LogP contribution in [-0.4, -0.2) is 54.6 Å². The summed E-state index contributed by atoms with van der Waals surface area (Å²) in [6.45, 7) is 10.5. The first-order valence-corrected chi connectivity index (χ1v) is 7.92. The summed E-state index contributed by atoms with van der Waals surface area (Å²) in [5.74, 6) is 1.54. The Bertz CT molecular complexity index is 458. The molecule has 2 rings (SSSR count). The van der Waals surface area contributed by atoms with Crippen LogP contribution < -0.4 is 10.2 Å². The fourth-order valence-electron chi connectivity index (χ4n) is 2.65. The molecule has 118 valence electrons. The molecule has 0 aliphatic carbocycles. The lowest BCUT2D eigenvalue weighted by Crippen LogP contribution is -2.32. The minimum absolute atomic E-state index is 0.612. The summed E-state index contributed by atoms with van der Waals surface area (Å²) in [5.41, 5.74) is 2.28. The van der Waals surface area contributed by atoms with E-state index in [9.17, 15) is 0 Å². The molecule has 1 aromatic rings. The minimum atomic E-state index is 0.612. The van der Waals surface area contributed by atoms with Gasteiger partial charge in [-0.15, -0.1) is 0 Å². The van der Waals surface area contributed by atoms with E-state index in [1.165, 1.54) is 12.0 Å². The van der Waals surface area contributed by atoms with Gasteiger partial charge in [-0.3, -0.25) is 0 Å². The lowest BCUT2D eigenvalue weighted by atomic mass is 10.2. The van der Waals surface area contributed by atoms with Gasteiger partial charge in [0.05, 0.1) is 0 Å². The Hall–Kier alpha value is -1.20. The Balaban J connectivity index is 1.96. The van der Waals surface area contributed by atoms with Crippen LogP contribution in [0, 0.1) is 12.8 Å². The number of hydrogen-bond acceptors (Lipinski definition) is 5. The maximum atomic E-state index is 4.70. The SMILES string of the molecule is Cc1nc(N2CCC(N(C)C)C2)ncc1CNCC(C)C. The molecule has 5 heteroatoms. The lowest BCUT2D eigenvalue weighted by molar-refractivity contribution is 0.315. The number of aromatic nitrogens is 2. The van der Waals surface area contributed by atoms with Crippen molar-refractivity contribution in [2.45, 2.75) is 39.8 Å². The minimum Gasteiger partial charge on any atom is -0.339 e. The van der Waals surface area contributed by atoms with Gasteiger partial charge >= 0.3 is 0 Å². The largest absolute Gasteiger partial charge is 0.339 e. The molecule has 1 unspecified atom stereocenters. The Labute approximate surface area is 128 Å². The average Bonchev–Trinajstić information content (AvgIpc) is 2.90. The highest BCUT2D eigenvalue weighted by atomic mass is 15.3. The molecule has 0 bridgehead atoms. The van der Waals surface area contributed by atoms with E-state index < -0.39 is 0 Å². The van der Waals surface area contributed by atoms with Gasteiger partial charge in [0.1, 0.15) is 0 Å². The number of nitrogens with zero attached hydrogens (tertiary/aromatic N) is 4. The van der Waals surface area contributed by atoms with Crippen LogP contribution in [0.1, 0.15) is 31.5 Å². The van der Waals surface area contributed by atoms with Gasteiger partial charge in [0.2, 0.25) is 5.95 Å². The highest BCUT2D eigenvalue weighted by Gasteiger charge is 2.25. The predicted molar refractivity (Wildman–Crippen MR) is 87.6 cm³/mol. The Morgan fingerprint density at radius 2 is 2.19 bits per heavy atom. The lowest BCUT2D eigenvalue weighted by Gasteiger charge is -2.21. The first-order chi connectivity index (χ1) is 9.97. The van der Waals surface area contributed by atoms with Crippen molar-refractivity contribution in [1.82, 2.24) is 20.2 Å². The first-order valence-electron chi connectivity index (χ1n) is 7.92. The maximum absolute atomic E-state index is 4.70. The molecule has 1 aromatic heterocycles. The summed E-state index contributed by atoms with van der Waals surface area (Å²) in [6, 6.07) is 0.612. The van der Waals surface area contributed by atoms with E-state index in [0.717, 1.165) is 37.8 Å². The van der Waals surface area contributed by atoms with Gasteiger partial charge < -0.3 is 15.1 Å². The van der Waals surface area contributed by atoms with E-state index in [4.69, 9.17) is 4.98 Å². The molecule has 1 saturated heterocycles. The van der Waals surface area contributed by atoms with Crippen molar-refractivity contribution in [3.63, 3.8) is 0 Å². The highest BCUT2D eigenvalue weighted by Crippen LogP contribution is 2.19. The zero-order chi connectivity index (χ0) is 15.4. The van der Waals surface area contributed by atoms with Crippen molar-refractivity contribution in [2.75, 3.05) is 38.6 Å². The zero-order valence-corrected chi connectivity index (χ0v) is 14.1. The fourth-order valence-corrected chi connectivity index (χ4v) is 2.65. The third kappa shape index (κ3) is 4.38. The van der Waals surface area contributed by atoms with Crippen LogP contribution in [0.3, 0.4) is 0 Å². The van der Waals surface area contributed by atoms with E-state index in [0.29, 0.717) is 12.0 Å². The van der Waals surface area contributed by atoms with Crippen molar-refractivity contribution >= 4 is 5.95 Å². The predicted octanol–water partition coefficient (Wildman–Crippen LogP) is 1.67. The Morgan fingerprint density at radius 3 is 2.76 bits per heavy atom. The number of likely N-dealkylation sites (N-methyl/N-ethyl adjacent to an activating group) is 1. The van der Waals surface area contributed by atoms with Gasteiger partial charge in [0.15, 0.2) is 0 Å². The van der Waals surface area contributed by atoms with Gasteiger partial charge in [-0.05, 0) is 39.9 Å². The highest BCUT2D eigenvalue weighted by molar-refractivity contribution is 5.34. The van der Waals surface area contributed by atoms with E-state index in [-0.39, 0.29) is 0 Å². The van der Waals surface area contributed by atoms with Crippen LogP contribution in [0.15, 0.2) is 6.20 Å². The molecule has 0 aromatic carbocycles. The van der Waals surface area contributed by atoms with Gasteiger partial charge in [0.25, 0.3) is 0 Å². The van der Waals surface area contributed by atoms with E-state index in [1.807, 2.05) is 6.20 Å². The summed E-state index contributed by atoms with van der Waals surface area (Å²) < 4.78 is 0. The van der Waals surface area contributed by atoms with Gasteiger partial charge in [-0.25, -0.2) is 9.97 Å². The fraction of sp³-hybridized carbons (Fsp3) is 0.750. The second-order valence-electron chi connectivity index (χ2n) is 6.66. The third-order valence-corrected chi connectivity index (χ3v) is 4.11. The molecular weight excluding hydrogens is 262 g/mol. The molecule has 2 heterocycles. The average molecular weight is 291 g/mol. The zero-order valence-electron chi connectivity index (χ0n) is 14.1. The van der Waals surface area contributed by atoms with Crippen LogP contribution in [0.25, 0.3) is 0 Å². The number of rotatable bonds is 6. The van der Waals surface area contributed by atoms with Crippen molar-refractivity contribution in [3.05, 3.63) is 17.5 Å². The molecule has 0 spiro atoms. The van der Waals surface area contributed by atoms with Gasteiger partial charge in [-0.1, -0.05) is 13.8 Å². The van der Waals surface area contributed by atoms with Gasteiger partial charge in [0, 0.05) is 43.1 Å². The van der Waals surface area contributed by atoms with Crippen LogP contribution in [0.4, 0.5) is 5.95 Å². The van der Waals surface area contributed by atoms with Crippen molar-refractivity contribution < 1.29 is 0 Å². The van der Waals surface area contributed by atoms with E-state index in [2.05, 4.69) is 55.0 Å². The molecule has 21 heavy (non-hydrogen) atoms. The second-order valence-corrected chi connectivity index (χ2v) is 6.66. The molecule has 5 nitrogen and oxygen atoms in total.